The number of rotatable bonds is 17. The van der Waals surface area contributed by atoms with E-state index in [9.17, 15) is 52.7 Å². The van der Waals surface area contributed by atoms with E-state index in [1.54, 1.807) is 13.8 Å². The molecule has 1 aromatic rings. The summed E-state index contributed by atoms with van der Waals surface area (Å²) in [6, 6.07) is -5.13. The molecule has 11 amide bonds. The molecule has 2 aliphatic heterocycles. The van der Waals surface area contributed by atoms with Crippen LogP contribution in [0.1, 0.15) is 89.3 Å². The Morgan fingerprint density at radius 3 is 1.97 bits per heavy atom. The Hall–Kier alpha value is -5.95. The zero-order valence-electron chi connectivity index (χ0n) is 40.6. The second kappa shape index (κ2) is 28.0. The fraction of sp³-hybridized carbons (Fsp3) is 0.622. The van der Waals surface area contributed by atoms with E-state index in [1.807, 2.05) is 45.9 Å². The molecule has 0 saturated carbocycles. The van der Waals surface area contributed by atoms with Crippen LogP contribution in [0.25, 0.3) is 0 Å². The Balaban J connectivity index is 2.07. The predicted molar refractivity (Wildman–Crippen MR) is 262 cm³/mol. The first-order chi connectivity index (χ1) is 32.9. The van der Waals surface area contributed by atoms with Crippen LogP contribution in [0.15, 0.2) is 18.2 Å². The highest BCUT2D eigenvalue weighted by atomic mass is 33.1. The number of carbonyl (C=O) groups excluding carboxylic acids is 11. The van der Waals surface area contributed by atoms with E-state index in [1.165, 1.54) is 4.90 Å². The fourth-order valence-corrected chi connectivity index (χ4v) is 10.1. The lowest BCUT2D eigenvalue weighted by Crippen LogP contribution is -2.61. The van der Waals surface area contributed by atoms with Gasteiger partial charge in [0.25, 0.3) is 0 Å². The maximum atomic E-state index is 14.5. The molecule has 70 heavy (non-hydrogen) atoms. The van der Waals surface area contributed by atoms with Crippen molar-refractivity contribution in [1.82, 2.24) is 42.1 Å². The summed E-state index contributed by atoms with van der Waals surface area (Å²) in [7, 11) is 2.10. The first-order valence-corrected chi connectivity index (χ1v) is 25.7. The number of primary amides is 3. The van der Waals surface area contributed by atoms with Gasteiger partial charge in [-0.3, -0.25) is 52.7 Å². The highest BCUT2D eigenvalue weighted by Crippen LogP contribution is 2.26. The Kier molecular flexibility index (Phi) is 23.4. The summed E-state index contributed by atoms with van der Waals surface area (Å²) < 4.78 is 0. The second-order valence-corrected chi connectivity index (χ2v) is 20.7. The molecule has 2 heterocycles. The van der Waals surface area contributed by atoms with Gasteiger partial charge in [-0.25, -0.2) is 0 Å². The molecule has 2 aliphatic rings. The molecule has 1 aromatic carbocycles. The van der Waals surface area contributed by atoms with E-state index in [4.69, 9.17) is 22.9 Å². The molecule has 3 rings (SSSR count). The number of likely N-dealkylation sites (tertiary alicyclic amines) is 1. The number of nitrogens with one attached hydrogen (secondary N) is 7. The summed E-state index contributed by atoms with van der Waals surface area (Å²) in [6.07, 6.45) is -0.465. The average molecular weight is 1020 g/mol. The smallest absolute Gasteiger partial charge is 0.246 e. The van der Waals surface area contributed by atoms with Gasteiger partial charge in [0.15, 0.2) is 0 Å². The van der Waals surface area contributed by atoms with Crippen molar-refractivity contribution < 1.29 is 52.7 Å². The zero-order chi connectivity index (χ0) is 52.4. The van der Waals surface area contributed by atoms with Crippen molar-refractivity contribution in [3.8, 4) is 0 Å². The number of benzene rings is 1. The van der Waals surface area contributed by atoms with Crippen LogP contribution in [0.4, 0.5) is 0 Å². The van der Waals surface area contributed by atoms with Gasteiger partial charge in [-0.15, -0.1) is 0 Å². The lowest BCUT2D eigenvalue weighted by Gasteiger charge is -2.31. The maximum absolute atomic E-state index is 14.5. The molecule has 2 fully saturated rings. The molecule has 0 bridgehead atoms. The molecule has 0 spiro atoms. The first-order valence-electron chi connectivity index (χ1n) is 23.2. The standard InChI is InChI=1S/C45H70N12O11S2/c1-7-23(4)37-44(67)51-28(13-14-34(47)58)40(63)53-31(18-35(48)59)41(64)55-32(45(68)57-15-9-12-33(57)43(66)54-29(16-22(2)3)39(62)50-19-36(49)60)21-70-69-20-27(46)38(61)52-30(42(65)56-37)17-26-24(5)10-8-11-25(26)6/h8,10-11,22-23,27-33,37H,7,9,12-21,46H2,1-6H3,(H2,47,58)(H2,48,59)(H2,49,60)(H,50,62)(H,51,67)(H,52,61)(H,53,63)(H,54,66)(H,55,64)(H,56,65)/t23-,27-,28-,29-,30+,31-,32-,33-,37-/m0/s1. The molecule has 388 valence electrons. The maximum Gasteiger partial charge on any atom is 0.246 e. The molecule has 23 nitrogen and oxygen atoms in total. The minimum atomic E-state index is -1.74. The van der Waals surface area contributed by atoms with Gasteiger partial charge < -0.3 is 65.1 Å². The van der Waals surface area contributed by atoms with Gasteiger partial charge in [0.2, 0.25) is 65.0 Å². The summed E-state index contributed by atoms with van der Waals surface area (Å²) in [4.78, 5) is 149. The molecule has 0 aromatic heterocycles. The van der Waals surface area contributed by atoms with E-state index in [0.29, 0.717) is 12.8 Å². The van der Waals surface area contributed by atoms with Crippen molar-refractivity contribution >= 4 is 86.6 Å². The van der Waals surface area contributed by atoms with Crippen molar-refractivity contribution in [2.24, 2.45) is 34.8 Å². The number of carbonyl (C=O) groups is 11. The normalized spacial score (nSPS) is 24.1. The van der Waals surface area contributed by atoms with E-state index < -0.39 is 139 Å². The Morgan fingerprint density at radius 2 is 1.37 bits per heavy atom. The third-order valence-corrected chi connectivity index (χ3v) is 14.4. The number of nitrogens with two attached hydrogens (primary N) is 4. The van der Waals surface area contributed by atoms with Crippen molar-refractivity contribution in [2.45, 2.75) is 141 Å². The number of aryl methyl sites for hydroxylation is 2. The summed E-state index contributed by atoms with van der Waals surface area (Å²) in [5.74, 6) is -9.99. The van der Waals surface area contributed by atoms with E-state index in [-0.39, 0.29) is 49.7 Å². The number of nitrogens with zero attached hydrogens (tertiary/aromatic N) is 1. The Bertz CT molecular complexity index is 2090. The van der Waals surface area contributed by atoms with Crippen LogP contribution in [0.2, 0.25) is 0 Å². The van der Waals surface area contributed by atoms with Crippen LogP contribution in [-0.2, 0) is 59.2 Å². The van der Waals surface area contributed by atoms with Gasteiger partial charge in [0.05, 0.1) is 19.0 Å². The quantitative estimate of drug-likeness (QED) is 0.0708. The summed E-state index contributed by atoms with van der Waals surface area (Å²) >= 11 is 0. The SMILES string of the molecule is CC[C@H](C)[C@@H]1NC(=O)[C@@H](Cc2c(C)cccc2C)NC(=O)[C@@H](N)CSSC[C@@H](C(=O)N2CCC[C@H]2C(=O)N[C@@H](CC(C)C)C(=O)NCC(N)=O)NC(=O)[C@H](CC(N)=O)NC(=O)[C@H](CCC(N)=O)NC1=O. The van der Waals surface area contributed by atoms with Crippen LogP contribution in [0.5, 0.6) is 0 Å². The highest BCUT2D eigenvalue weighted by molar-refractivity contribution is 8.76. The number of amides is 11. The Labute approximate surface area is 415 Å². The summed E-state index contributed by atoms with van der Waals surface area (Å²) in [5, 5.41) is 18.1. The largest absolute Gasteiger partial charge is 0.370 e. The van der Waals surface area contributed by atoms with Gasteiger partial charge in [-0.1, -0.05) is 73.9 Å². The molecular weight excluding hydrogens is 949 g/mol. The van der Waals surface area contributed by atoms with Crippen LogP contribution >= 0.6 is 21.6 Å². The van der Waals surface area contributed by atoms with Gasteiger partial charge in [-0.2, -0.15) is 0 Å². The van der Waals surface area contributed by atoms with Crippen LogP contribution in [-0.4, -0.2) is 143 Å². The second-order valence-electron chi connectivity index (χ2n) is 18.1. The van der Waals surface area contributed by atoms with Gasteiger partial charge in [-0.05, 0) is 68.1 Å². The van der Waals surface area contributed by atoms with Gasteiger partial charge in [0.1, 0.15) is 42.3 Å². The van der Waals surface area contributed by atoms with Crippen molar-refractivity contribution in [1.29, 1.82) is 0 Å². The minimum absolute atomic E-state index is 0.0182. The van der Waals surface area contributed by atoms with E-state index in [0.717, 1.165) is 38.3 Å². The van der Waals surface area contributed by atoms with Crippen molar-refractivity contribution in [2.75, 3.05) is 24.6 Å². The average Bonchev–Trinajstić information content (AvgIpc) is 3.79. The summed E-state index contributed by atoms with van der Waals surface area (Å²) in [6.45, 7) is 10.4. The van der Waals surface area contributed by atoms with E-state index >= 15 is 0 Å². The van der Waals surface area contributed by atoms with Crippen LogP contribution in [0, 0.1) is 25.7 Å². The monoisotopic (exact) mass is 1020 g/mol. The molecular formula is C45H70N12O11S2. The molecule has 25 heteroatoms. The zero-order valence-corrected chi connectivity index (χ0v) is 42.2. The molecule has 2 saturated heterocycles. The van der Waals surface area contributed by atoms with Crippen LogP contribution < -0.4 is 60.2 Å². The molecule has 0 aliphatic carbocycles. The molecule has 0 radical (unpaired) electrons. The molecule has 0 unspecified atom stereocenters. The third kappa shape index (κ3) is 18.1. The molecule has 9 atom stereocenters. The summed E-state index contributed by atoms with van der Waals surface area (Å²) in [5.41, 5.74) is 25.0. The van der Waals surface area contributed by atoms with Crippen LogP contribution in [0.3, 0.4) is 0 Å². The first kappa shape index (κ1) is 58.4. The Morgan fingerprint density at radius 1 is 0.771 bits per heavy atom. The number of hydrogen-bond donors (Lipinski definition) is 11. The third-order valence-electron chi connectivity index (χ3n) is 12.0. The minimum Gasteiger partial charge on any atom is -0.370 e. The lowest BCUT2D eigenvalue weighted by atomic mass is 9.94. The highest BCUT2D eigenvalue weighted by Gasteiger charge is 2.41. The fourth-order valence-electron chi connectivity index (χ4n) is 7.85. The molecule has 15 N–H and O–H groups in total. The van der Waals surface area contributed by atoms with E-state index in [2.05, 4.69) is 37.2 Å². The predicted octanol–water partition coefficient (Wildman–Crippen LogP) is -2.70. The van der Waals surface area contributed by atoms with Gasteiger partial charge in [0, 0.05) is 30.9 Å². The van der Waals surface area contributed by atoms with Gasteiger partial charge >= 0.3 is 0 Å². The lowest BCUT2D eigenvalue weighted by molar-refractivity contribution is -0.142. The van der Waals surface area contributed by atoms with Crippen molar-refractivity contribution in [3.63, 3.8) is 0 Å². The topological polar surface area (TPSA) is 379 Å². The number of hydrogen-bond acceptors (Lipinski definition) is 14. The van der Waals surface area contributed by atoms with Crippen molar-refractivity contribution in [3.05, 3.63) is 34.9 Å².